The smallest absolute Gasteiger partial charge is 0.548 e. The molecule has 0 N–H and O–H groups in total. The molecule has 1 aromatic carbocycles. The molecule has 0 fully saturated rings. The SMILES string of the molecule is Cc1ccc2c(=O)c3ccc(C(C)(C)C#N)nc3n(CC(=O)[O-])c2c1N(C)C.[Na+]. The Bertz CT molecular complexity index is 1220. The van der Waals surface area contributed by atoms with Crippen molar-refractivity contribution in [3.05, 3.63) is 45.7 Å². The van der Waals surface area contributed by atoms with Gasteiger partial charge in [0, 0.05) is 19.5 Å². The minimum atomic E-state index is -1.29. The van der Waals surface area contributed by atoms with Gasteiger partial charge in [-0.05, 0) is 44.5 Å². The van der Waals surface area contributed by atoms with Crippen molar-refractivity contribution >= 4 is 33.6 Å². The first-order valence-corrected chi connectivity index (χ1v) is 8.84. The summed E-state index contributed by atoms with van der Waals surface area (Å²) < 4.78 is 1.50. The molecule has 0 saturated heterocycles. The Hall–Kier alpha value is -2.40. The van der Waals surface area contributed by atoms with Gasteiger partial charge in [-0.3, -0.25) is 4.79 Å². The summed E-state index contributed by atoms with van der Waals surface area (Å²) in [6, 6.07) is 8.99. The molecule has 0 spiro atoms. The van der Waals surface area contributed by atoms with E-state index in [1.807, 2.05) is 32.0 Å². The van der Waals surface area contributed by atoms with Crippen molar-refractivity contribution in [1.29, 1.82) is 5.26 Å². The normalized spacial score (nSPS) is 11.2. The minimum absolute atomic E-state index is 0. The fourth-order valence-corrected chi connectivity index (χ4v) is 3.47. The number of nitriles is 1. The van der Waals surface area contributed by atoms with Gasteiger partial charge in [0.1, 0.15) is 5.65 Å². The number of carboxylic acids is 1. The quantitative estimate of drug-likeness (QED) is 0.389. The Balaban J connectivity index is 0.00000300. The molecule has 0 aliphatic heterocycles. The van der Waals surface area contributed by atoms with Crippen molar-refractivity contribution in [3.8, 4) is 6.07 Å². The first kappa shape index (κ1) is 22.9. The van der Waals surface area contributed by atoms with Gasteiger partial charge >= 0.3 is 29.6 Å². The van der Waals surface area contributed by atoms with E-state index in [-0.39, 0.29) is 40.6 Å². The van der Waals surface area contributed by atoms with Gasteiger partial charge in [-0.25, -0.2) is 4.98 Å². The summed E-state index contributed by atoms with van der Waals surface area (Å²) in [4.78, 5) is 31.1. The predicted octanol–water partition coefficient (Wildman–Crippen LogP) is -1.52. The maximum atomic E-state index is 13.1. The number of aryl methyl sites for hydroxylation is 1. The molecule has 0 radical (unpaired) electrons. The largest absolute Gasteiger partial charge is 1.00 e. The van der Waals surface area contributed by atoms with Crippen LogP contribution in [0.2, 0.25) is 0 Å². The second-order valence-corrected chi connectivity index (χ2v) is 7.61. The molecule has 0 bridgehead atoms. The monoisotopic (exact) mass is 400 g/mol. The van der Waals surface area contributed by atoms with Crippen LogP contribution in [0.15, 0.2) is 29.1 Å². The molecule has 0 unspecified atom stereocenters. The van der Waals surface area contributed by atoms with E-state index >= 15 is 0 Å². The van der Waals surface area contributed by atoms with Crippen molar-refractivity contribution in [1.82, 2.24) is 9.55 Å². The topological polar surface area (TPSA) is 102 Å². The number of aromatic nitrogens is 2. The van der Waals surface area contributed by atoms with Crippen LogP contribution in [0.5, 0.6) is 0 Å². The van der Waals surface area contributed by atoms with Crippen LogP contribution in [0.3, 0.4) is 0 Å². The van der Waals surface area contributed by atoms with Crippen LogP contribution in [0.4, 0.5) is 5.69 Å². The van der Waals surface area contributed by atoms with Gasteiger partial charge in [-0.15, -0.1) is 0 Å². The zero-order valence-corrected chi connectivity index (χ0v) is 19.5. The zero-order chi connectivity index (χ0) is 20.8. The van der Waals surface area contributed by atoms with E-state index in [0.717, 1.165) is 11.3 Å². The third-order valence-electron chi connectivity index (χ3n) is 4.90. The molecule has 29 heavy (non-hydrogen) atoms. The summed E-state index contributed by atoms with van der Waals surface area (Å²) in [6.07, 6.45) is 0. The second kappa shape index (κ2) is 8.15. The molecule has 144 valence electrons. The van der Waals surface area contributed by atoms with Crippen LogP contribution in [0.25, 0.3) is 21.9 Å². The number of rotatable bonds is 4. The number of carbonyl (C=O) groups excluding carboxylic acids is 1. The van der Waals surface area contributed by atoms with E-state index in [2.05, 4.69) is 11.1 Å². The number of anilines is 1. The van der Waals surface area contributed by atoms with Crippen molar-refractivity contribution in [3.63, 3.8) is 0 Å². The zero-order valence-electron chi connectivity index (χ0n) is 17.5. The summed E-state index contributed by atoms with van der Waals surface area (Å²) >= 11 is 0. The van der Waals surface area contributed by atoms with Gasteiger partial charge in [-0.2, -0.15) is 5.26 Å². The number of benzene rings is 1. The summed E-state index contributed by atoms with van der Waals surface area (Å²) in [7, 11) is 3.67. The predicted molar refractivity (Wildman–Crippen MR) is 106 cm³/mol. The minimum Gasteiger partial charge on any atom is -0.548 e. The average Bonchev–Trinajstić information content (AvgIpc) is 2.63. The Kier molecular flexibility index (Phi) is 6.43. The molecule has 2 aromatic heterocycles. The Labute approximate surface area is 190 Å². The number of pyridine rings is 2. The maximum Gasteiger partial charge on any atom is 1.00 e. The molecule has 8 heteroatoms. The van der Waals surface area contributed by atoms with Gasteiger partial charge in [0.15, 0.2) is 5.43 Å². The Morgan fingerprint density at radius 1 is 1.24 bits per heavy atom. The Morgan fingerprint density at radius 2 is 1.86 bits per heavy atom. The van der Waals surface area contributed by atoms with Crippen LogP contribution >= 0.6 is 0 Å². The first-order chi connectivity index (χ1) is 13.1. The maximum absolute atomic E-state index is 13.1. The van der Waals surface area contributed by atoms with Gasteiger partial charge in [0.2, 0.25) is 0 Å². The number of nitrogens with zero attached hydrogens (tertiary/aromatic N) is 4. The molecule has 3 aromatic rings. The number of carboxylic acid groups (broad SMARTS) is 1. The molecule has 0 aliphatic carbocycles. The molecule has 2 heterocycles. The van der Waals surface area contributed by atoms with E-state index in [1.54, 1.807) is 32.0 Å². The van der Waals surface area contributed by atoms with Gasteiger partial charge in [0.25, 0.3) is 0 Å². The van der Waals surface area contributed by atoms with Gasteiger partial charge in [-0.1, -0.05) is 6.07 Å². The van der Waals surface area contributed by atoms with E-state index in [0.29, 0.717) is 22.0 Å². The summed E-state index contributed by atoms with van der Waals surface area (Å²) in [5, 5.41) is 21.7. The van der Waals surface area contributed by atoms with E-state index < -0.39 is 17.9 Å². The molecule has 0 amide bonds. The standard InChI is InChI=1S/C21H22N4O3.Na/c1-12-6-7-13-18(17(12)24(4)5)25(10-16(26)27)20-14(19(13)28)8-9-15(23-20)21(2,3)11-22;/h6-9H,10H2,1-5H3,(H,26,27);/q;+1/p-1. The van der Waals surface area contributed by atoms with Crippen LogP contribution in [-0.2, 0) is 16.8 Å². The van der Waals surface area contributed by atoms with Crippen LogP contribution in [-0.4, -0.2) is 29.6 Å². The molecule has 7 nitrogen and oxygen atoms in total. The molecular weight excluding hydrogens is 379 g/mol. The Morgan fingerprint density at radius 3 is 2.41 bits per heavy atom. The first-order valence-electron chi connectivity index (χ1n) is 8.84. The van der Waals surface area contributed by atoms with Crippen molar-refractivity contribution in [2.75, 3.05) is 19.0 Å². The van der Waals surface area contributed by atoms with Crippen LogP contribution in [0, 0.1) is 18.3 Å². The van der Waals surface area contributed by atoms with Crippen LogP contribution in [0.1, 0.15) is 25.1 Å². The number of carbonyl (C=O) groups is 1. The summed E-state index contributed by atoms with van der Waals surface area (Å²) in [5.74, 6) is -1.29. The second-order valence-electron chi connectivity index (χ2n) is 7.61. The number of hydrogen-bond acceptors (Lipinski definition) is 6. The van der Waals surface area contributed by atoms with Crippen molar-refractivity contribution < 1.29 is 39.5 Å². The van der Waals surface area contributed by atoms with Crippen LogP contribution < -0.4 is 45.0 Å². The summed E-state index contributed by atoms with van der Waals surface area (Å²) in [5.41, 5.74) is 1.72. The average molecular weight is 400 g/mol. The molecule has 0 atom stereocenters. The van der Waals surface area contributed by atoms with Crippen molar-refractivity contribution in [2.24, 2.45) is 0 Å². The fraction of sp³-hybridized carbons (Fsp3) is 0.333. The fourth-order valence-electron chi connectivity index (χ4n) is 3.47. The number of hydrogen-bond donors (Lipinski definition) is 0. The molecule has 0 aliphatic rings. The van der Waals surface area contributed by atoms with E-state index in [4.69, 9.17) is 0 Å². The molecular formula is C21H21N4NaO3. The number of aliphatic carboxylic acids is 1. The molecule has 0 saturated carbocycles. The van der Waals surface area contributed by atoms with Gasteiger partial charge < -0.3 is 19.4 Å². The molecule has 3 rings (SSSR count). The van der Waals surface area contributed by atoms with Gasteiger partial charge in [0.05, 0.1) is 46.3 Å². The number of fused-ring (bicyclic) bond motifs is 2. The summed E-state index contributed by atoms with van der Waals surface area (Å²) in [6.45, 7) is 4.88. The van der Waals surface area contributed by atoms with E-state index in [1.165, 1.54) is 4.57 Å². The van der Waals surface area contributed by atoms with E-state index in [9.17, 15) is 20.0 Å². The third-order valence-corrected chi connectivity index (χ3v) is 4.90. The van der Waals surface area contributed by atoms with Crippen molar-refractivity contribution in [2.45, 2.75) is 32.7 Å². The third kappa shape index (κ3) is 3.88.